The number of cyclic esters (lactones) is 1. The molecule has 1 saturated heterocycles. The van der Waals surface area contributed by atoms with Crippen LogP contribution >= 0.6 is 11.3 Å². The lowest BCUT2D eigenvalue weighted by molar-refractivity contribution is -0.159. The predicted octanol–water partition coefficient (Wildman–Crippen LogP) is 3.91. The van der Waals surface area contributed by atoms with Gasteiger partial charge < -0.3 is 24.8 Å². The van der Waals surface area contributed by atoms with Crippen molar-refractivity contribution in [2.75, 3.05) is 6.61 Å². The van der Waals surface area contributed by atoms with Crippen molar-refractivity contribution in [1.29, 1.82) is 0 Å². The van der Waals surface area contributed by atoms with Gasteiger partial charge in [0.25, 0.3) is 0 Å². The van der Waals surface area contributed by atoms with Crippen LogP contribution in [0, 0.1) is 17.3 Å². The minimum absolute atomic E-state index is 0.106. The van der Waals surface area contributed by atoms with E-state index in [0.29, 0.717) is 16.3 Å². The Morgan fingerprint density at radius 3 is 2.50 bits per heavy atom. The maximum atomic E-state index is 13.2. The van der Waals surface area contributed by atoms with Crippen molar-refractivity contribution in [3.8, 4) is 0 Å². The molecule has 36 heavy (non-hydrogen) atoms. The van der Waals surface area contributed by atoms with Gasteiger partial charge in [-0.3, -0.25) is 9.59 Å². The van der Waals surface area contributed by atoms with Crippen molar-refractivity contribution < 1.29 is 34.4 Å². The molecule has 0 aromatic carbocycles. The molecule has 0 bridgehead atoms. The van der Waals surface area contributed by atoms with Gasteiger partial charge in [-0.1, -0.05) is 34.1 Å². The Kier molecular flexibility index (Phi) is 10.8. The Morgan fingerprint density at radius 2 is 1.89 bits per heavy atom. The van der Waals surface area contributed by atoms with E-state index in [-0.39, 0.29) is 31.3 Å². The van der Waals surface area contributed by atoms with Crippen LogP contribution in [0.5, 0.6) is 0 Å². The normalized spacial score (nSPS) is 31.2. The number of thiazole rings is 1. The van der Waals surface area contributed by atoms with Gasteiger partial charge in [-0.25, -0.2) is 4.98 Å². The highest BCUT2D eigenvalue weighted by molar-refractivity contribution is 7.09. The molecule has 5 atom stereocenters. The summed E-state index contributed by atoms with van der Waals surface area (Å²) < 4.78 is 11.9. The number of aromatic nitrogens is 1. The molecule has 2 rings (SSSR count). The van der Waals surface area contributed by atoms with Crippen molar-refractivity contribution in [1.82, 2.24) is 4.98 Å². The van der Waals surface area contributed by atoms with Crippen molar-refractivity contribution >= 4 is 29.2 Å². The molecule has 0 aliphatic carbocycles. The molecule has 0 spiro atoms. The molecule has 0 amide bonds. The first-order valence-electron chi connectivity index (χ1n) is 12.6. The van der Waals surface area contributed by atoms with E-state index in [1.807, 2.05) is 33.1 Å². The van der Waals surface area contributed by atoms with Crippen LogP contribution in [0.2, 0.25) is 0 Å². The average molecular weight is 526 g/mol. The zero-order chi connectivity index (χ0) is 27.3. The number of Topliss-reactive ketones (excluding diaryl/α,β-unsaturated/α-hetero) is 1. The number of rotatable bonds is 3. The summed E-state index contributed by atoms with van der Waals surface area (Å²) in [5.41, 5.74) is -0.376. The summed E-state index contributed by atoms with van der Waals surface area (Å²) >= 11 is 1.34. The second-order valence-electron chi connectivity index (χ2n) is 11.2. The topological polar surface area (TPSA) is 126 Å². The third kappa shape index (κ3) is 8.18. The zero-order valence-corrected chi connectivity index (χ0v) is 23.4. The van der Waals surface area contributed by atoms with E-state index in [9.17, 15) is 24.9 Å². The third-order valence-corrected chi connectivity index (χ3v) is 8.11. The van der Waals surface area contributed by atoms with Gasteiger partial charge in [-0.2, -0.15) is 0 Å². The van der Waals surface area contributed by atoms with Gasteiger partial charge in [0.1, 0.15) is 16.9 Å². The highest BCUT2D eigenvalue weighted by Gasteiger charge is 2.42. The Morgan fingerprint density at radius 1 is 1.22 bits per heavy atom. The number of aliphatic hydroxyl groups is 3. The molecule has 5 unspecified atom stereocenters. The number of carbonyl (C=O) groups excluding carboxylic acids is 2. The minimum atomic E-state index is -1.27. The number of carbonyl (C=O) groups is 2. The maximum absolute atomic E-state index is 13.2. The van der Waals surface area contributed by atoms with E-state index in [1.165, 1.54) is 11.3 Å². The molecule has 1 aliphatic rings. The van der Waals surface area contributed by atoms with Crippen LogP contribution in [-0.4, -0.2) is 62.6 Å². The van der Waals surface area contributed by atoms with Gasteiger partial charge >= 0.3 is 5.97 Å². The number of nitrogens with zero attached hydrogens (tertiary/aromatic N) is 1. The van der Waals surface area contributed by atoms with Crippen LogP contribution in [-0.2, 0) is 25.7 Å². The molecule has 0 saturated carbocycles. The molecule has 1 aliphatic heterocycles. The van der Waals surface area contributed by atoms with Crippen molar-refractivity contribution in [2.45, 2.75) is 105 Å². The van der Waals surface area contributed by atoms with E-state index in [0.717, 1.165) is 19.3 Å². The average Bonchev–Trinajstić information content (AvgIpc) is 3.26. The van der Waals surface area contributed by atoms with Gasteiger partial charge in [0, 0.05) is 11.3 Å². The molecular weight excluding hydrogens is 482 g/mol. The standard InChI is InChI=1S/C27H43NO7S/c1-16-9-8-10-26(4,5)34-14-20(17(2)11-19-15-36-22(13-29)28-19)35-23(31)12-21(30)27(6,7)25(33)18(3)24(16)32/h11,15-16,18,20-21,24,29-30,32H,8-10,12-14H2,1-7H3/b17-11+. The quantitative estimate of drug-likeness (QED) is 0.507. The molecule has 2 heterocycles. The fourth-order valence-corrected chi connectivity index (χ4v) is 5.07. The molecule has 1 fully saturated rings. The maximum Gasteiger partial charge on any atom is 0.309 e. The van der Waals surface area contributed by atoms with E-state index in [1.54, 1.807) is 26.8 Å². The highest BCUT2D eigenvalue weighted by atomic mass is 32.1. The first-order chi connectivity index (χ1) is 16.7. The van der Waals surface area contributed by atoms with E-state index in [4.69, 9.17) is 9.47 Å². The lowest BCUT2D eigenvalue weighted by Gasteiger charge is -2.35. The monoisotopic (exact) mass is 525 g/mol. The summed E-state index contributed by atoms with van der Waals surface area (Å²) in [5.74, 6) is -1.72. The number of esters is 1. The van der Waals surface area contributed by atoms with Gasteiger partial charge in [-0.15, -0.1) is 11.3 Å². The van der Waals surface area contributed by atoms with Crippen LogP contribution in [0.15, 0.2) is 11.0 Å². The second-order valence-corrected chi connectivity index (χ2v) is 12.2. The number of ether oxygens (including phenoxy) is 2. The van der Waals surface area contributed by atoms with Crippen LogP contribution in [0.3, 0.4) is 0 Å². The fourth-order valence-electron chi connectivity index (χ4n) is 4.46. The van der Waals surface area contributed by atoms with E-state index >= 15 is 0 Å². The molecule has 204 valence electrons. The van der Waals surface area contributed by atoms with Crippen LogP contribution in [0.25, 0.3) is 6.08 Å². The molecule has 1 aromatic rings. The van der Waals surface area contributed by atoms with E-state index < -0.39 is 41.2 Å². The van der Waals surface area contributed by atoms with Gasteiger partial charge in [0.15, 0.2) is 0 Å². The summed E-state index contributed by atoms with van der Waals surface area (Å²) in [5, 5.41) is 33.4. The summed E-state index contributed by atoms with van der Waals surface area (Å²) in [4.78, 5) is 30.4. The van der Waals surface area contributed by atoms with Gasteiger partial charge in [0.05, 0.1) is 48.6 Å². The van der Waals surface area contributed by atoms with Crippen LogP contribution in [0.1, 0.15) is 84.9 Å². The summed E-state index contributed by atoms with van der Waals surface area (Å²) in [6, 6.07) is 0. The molecule has 1 aromatic heterocycles. The second kappa shape index (κ2) is 12.7. The largest absolute Gasteiger partial charge is 0.455 e. The summed E-state index contributed by atoms with van der Waals surface area (Å²) in [7, 11) is 0. The number of hydrogen-bond acceptors (Lipinski definition) is 9. The number of hydrogen-bond donors (Lipinski definition) is 3. The molecule has 0 radical (unpaired) electrons. The lowest BCUT2D eigenvalue weighted by Crippen LogP contribution is -2.46. The van der Waals surface area contributed by atoms with Gasteiger partial charge in [0.2, 0.25) is 0 Å². The Bertz CT molecular complexity index is 923. The van der Waals surface area contributed by atoms with Crippen LogP contribution in [0.4, 0.5) is 0 Å². The third-order valence-electron chi connectivity index (χ3n) is 7.26. The smallest absolute Gasteiger partial charge is 0.309 e. The molecule has 9 heteroatoms. The molecule has 8 nitrogen and oxygen atoms in total. The van der Waals surface area contributed by atoms with Gasteiger partial charge in [-0.05, 0) is 51.2 Å². The SMILES string of the molecule is C/C(=C\c1csc(CO)n1)C1COC(C)(C)CCCC(C)C(O)C(C)C(=O)C(C)(C)C(O)CC(=O)O1. The summed E-state index contributed by atoms with van der Waals surface area (Å²) in [6.07, 6.45) is 0.835. The Labute approximate surface area is 218 Å². The van der Waals surface area contributed by atoms with E-state index in [2.05, 4.69) is 4.98 Å². The molecule has 3 N–H and O–H groups in total. The highest BCUT2D eigenvalue weighted by Crippen LogP contribution is 2.33. The first-order valence-corrected chi connectivity index (χ1v) is 13.5. The first kappa shape index (κ1) is 30.6. The fraction of sp³-hybridized carbons (Fsp3) is 0.741. The van der Waals surface area contributed by atoms with Crippen molar-refractivity contribution in [2.24, 2.45) is 17.3 Å². The Balaban J connectivity index is 2.33. The summed E-state index contributed by atoms with van der Waals surface area (Å²) in [6.45, 7) is 12.5. The number of ketones is 1. The zero-order valence-electron chi connectivity index (χ0n) is 22.6. The van der Waals surface area contributed by atoms with Crippen LogP contribution < -0.4 is 0 Å². The minimum Gasteiger partial charge on any atom is -0.455 e. The van der Waals surface area contributed by atoms with Crippen molar-refractivity contribution in [3.63, 3.8) is 0 Å². The molecular formula is C27H43NO7S. The van der Waals surface area contributed by atoms with Crippen molar-refractivity contribution in [3.05, 3.63) is 21.7 Å². The predicted molar refractivity (Wildman–Crippen MR) is 139 cm³/mol. The number of aliphatic hydroxyl groups excluding tert-OH is 3. The lowest BCUT2D eigenvalue weighted by atomic mass is 9.73. The Hall–Kier alpha value is -1.65.